The van der Waals surface area contributed by atoms with Crippen LogP contribution in [0.2, 0.25) is 5.02 Å². The second kappa shape index (κ2) is 8.43. The molecule has 10 heteroatoms. The lowest BCUT2D eigenvalue weighted by Crippen LogP contribution is -2.37. The third-order valence-corrected chi connectivity index (χ3v) is 3.63. The molecule has 138 valence electrons. The lowest BCUT2D eigenvalue weighted by atomic mass is 10.0. The summed E-state index contributed by atoms with van der Waals surface area (Å²) in [6.45, 7) is 3.92. The highest BCUT2D eigenvalue weighted by Gasteiger charge is 2.20. The summed E-state index contributed by atoms with van der Waals surface area (Å²) in [6, 6.07) is 6.08. The second-order valence-corrected chi connectivity index (χ2v) is 6.49. The zero-order valence-electron chi connectivity index (χ0n) is 14.4. The van der Waals surface area contributed by atoms with Gasteiger partial charge >= 0.3 is 0 Å². The molecule has 9 nitrogen and oxygen atoms in total. The zero-order chi connectivity index (χ0) is 19.3. The maximum Gasteiger partial charge on any atom is 0.273 e. The number of anilines is 3. The van der Waals surface area contributed by atoms with Crippen molar-refractivity contribution in [1.82, 2.24) is 15.2 Å². The van der Waals surface area contributed by atoms with Crippen molar-refractivity contribution in [2.75, 3.05) is 10.6 Å². The molecule has 2 aromatic rings. The fourth-order valence-corrected chi connectivity index (χ4v) is 2.31. The van der Waals surface area contributed by atoms with E-state index in [4.69, 9.17) is 23.1 Å². The highest BCUT2D eigenvalue weighted by atomic mass is 35.5. The molecule has 0 saturated carbocycles. The molecule has 6 N–H and O–H groups in total. The Morgan fingerprint density at radius 3 is 2.35 bits per heavy atom. The summed E-state index contributed by atoms with van der Waals surface area (Å²) >= 11 is 5.86. The average molecular weight is 378 g/mol. The normalized spacial score (nSPS) is 11.8. The first-order chi connectivity index (χ1) is 12.3. The molecule has 1 atom stereocenters. The minimum atomic E-state index is -0.790. The van der Waals surface area contributed by atoms with Crippen molar-refractivity contribution in [2.24, 2.45) is 17.4 Å². The first kappa shape index (κ1) is 19.4. The van der Waals surface area contributed by atoms with Gasteiger partial charge in [0.25, 0.3) is 5.91 Å². The monoisotopic (exact) mass is 377 g/mol. The molecule has 1 aromatic heterocycles. The lowest BCUT2D eigenvalue weighted by molar-refractivity contribution is -0.119. The van der Waals surface area contributed by atoms with Gasteiger partial charge in [-0.05, 0) is 36.6 Å². The maximum atomic E-state index is 11.6. The largest absolute Gasteiger partial charge is 0.368 e. The number of halogens is 1. The van der Waals surface area contributed by atoms with Gasteiger partial charge in [-0.15, -0.1) is 10.2 Å². The van der Waals surface area contributed by atoms with Gasteiger partial charge in [0.2, 0.25) is 11.9 Å². The molecule has 0 spiro atoms. The fourth-order valence-electron chi connectivity index (χ4n) is 2.18. The van der Waals surface area contributed by atoms with E-state index in [0.29, 0.717) is 17.1 Å². The molecule has 1 heterocycles. The first-order valence-corrected chi connectivity index (χ1v) is 8.27. The number of carbonyl (C=O) groups excluding carboxylic acids is 2. The SMILES string of the molecule is CC(C)C[C@@H](Nc1nnc(C(N)=O)c(Nc2ccc(Cl)cc2)n1)C(N)=O. The van der Waals surface area contributed by atoms with Crippen molar-refractivity contribution in [2.45, 2.75) is 26.3 Å². The number of nitrogens with two attached hydrogens (primary N) is 2. The minimum absolute atomic E-state index is 0.0518. The predicted molar refractivity (Wildman–Crippen MR) is 99.1 cm³/mol. The number of nitrogens with zero attached hydrogens (tertiary/aromatic N) is 3. The van der Waals surface area contributed by atoms with E-state index in [1.807, 2.05) is 13.8 Å². The quantitative estimate of drug-likeness (QED) is 0.546. The van der Waals surface area contributed by atoms with E-state index >= 15 is 0 Å². The van der Waals surface area contributed by atoms with Crippen molar-refractivity contribution in [3.05, 3.63) is 35.0 Å². The number of hydrogen-bond acceptors (Lipinski definition) is 7. The summed E-state index contributed by atoms with van der Waals surface area (Å²) in [4.78, 5) is 27.4. The van der Waals surface area contributed by atoms with E-state index in [2.05, 4.69) is 25.8 Å². The van der Waals surface area contributed by atoms with Crippen molar-refractivity contribution < 1.29 is 9.59 Å². The van der Waals surface area contributed by atoms with Crippen LogP contribution in [-0.4, -0.2) is 33.0 Å². The molecule has 0 bridgehead atoms. The molecule has 0 aliphatic carbocycles. The van der Waals surface area contributed by atoms with Crippen LogP contribution in [0.4, 0.5) is 17.5 Å². The number of nitrogens with one attached hydrogen (secondary N) is 2. The van der Waals surface area contributed by atoms with Gasteiger partial charge in [0.1, 0.15) is 6.04 Å². The van der Waals surface area contributed by atoms with Crippen LogP contribution in [0.1, 0.15) is 30.8 Å². The van der Waals surface area contributed by atoms with Crippen molar-refractivity contribution in [3.63, 3.8) is 0 Å². The van der Waals surface area contributed by atoms with E-state index in [1.54, 1.807) is 24.3 Å². The van der Waals surface area contributed by atoms with Gasteiger partial charge in [0.15, 0.2) is 11.5 Å². The van der Waals surface area contributed by atoms with Gasteiger partial charge in [-0.2, -0.15) is 4.98 Å². The molecule has 0 saturated heterocycles. The lowest BCUT2D eigenvalue weighted by Gasteiger charge is -2.17. The van der Waals surface area contributed by atoms with Gasteiger partial charge < -0.3 is 22.1 Å². The molecule has 0 radical (unpaired) electrons. The summed E-state index contributed by atoms with van der Waals surface area (Å²) in [7, 11) is 0. The number of rotatable bonds is 8. The summed E-state index contributed by atoms with van der Waals surface area (Å²) in [6.07, 6.45) is 0.496. The Balaban J connectivity index is 2.30. The molecule has 0 aliphatic rings. The topological polar surface area (TPSA) is 149 Å². The van der Waals surface area contributed by atoms with Crippen LogP contribution in [0.3, 0.4) is 0 Å². The van der Waals surface area contributed by atoms with Gasteiger partial charge in [-0.3, -0.25) is 9.59 Å². The maximum absolute atomic E-state index is 11.6. The summed E-state index contributed by atoms with van der Waals surface area (Å²) in [5.41, 5.74) is 11.2. The third-order valence-electron chi connectivity index (χ3n) is 3.38. The zero-order valence-corrected chi connectivity index (χ0v) is 15.1. The highest BCUT2D eigenvalue weighted by molar-refractivity contribution is 6.30. The van der Waals surface area contributed by atoms with Gasteiger partial charge in [0.05, 0.1) is 0 Å². The van der Waals surface area contributed by atoms with Crippen LogP contribution < -0.4 is 22.1 Å². The van der Waals surface area contributed by atoms with Crippen molar-refractivity contribution in [3.8, 4) is 0 Å². The Labute approximate surface area is 155 Å². The van der Waals surface area contributed by atoms with Gasteiger partial charge in [-0.1, -0.05) is 25.4 Å². The molecule has 1 aromatic carbocycles. The van der Waals surface area contributed by atoms with Crippen LogP contribution >= 0.6 is 11.6 Å². The van der Waals surface area contributed by atoms with E-state index in [0.717, 1.165) is 0 Å². The Morgan fingerprint density at radius 2 is 1.81 bits per heavy atom. The second-order valence-electron chi connectivity index (χ2n) is 6.06. The number of hydrogen-bond donors (Lipinski definition) is 4. The van der Waals surface area contributed by atoms with Crippen molar-refractivity contribution in [1.29, 1.82) is 0 Å². The number of aromatic nitrogens is 3. The summed E-state index contributed by atoms with van der Waals surface area (Å²) in [5.74, 6) is -0.944. The van der Waals surface area contributed by atoms with Crippen LogP contribution in [0.5, 0.6) is 0 Å². The predicted octanol–water partition coefficient (Wildman–Crippen LogP) is 1.68. The number of primary amides is 2. The third kappa shape index (κ3) is 5.28. The molecule has 26 heavy (non-hydrogen) atoms. The molecular formula is C16H20ClN7O2. The number of carbonyl (C=O) groups is 2. The molecule has 2 amide bonds. The Kier molecular flexibility index (Phi) is 6.29. The van der Waals surface area contributed by atoms with E-state index in [1.165, 1.54) is 0 Å². The van der Waals surface area contributed by atoms with Crippen LogP contribution in [0.25, 0.3) is 0 Å². The van der Waals surface area contributed by atoms with E-state index in [-0.39, 0.29) is 23.4 Å². The van der Waals surface area contributed by atoms with Gasteiger partial charge in [-0.25, -0.2) is 0 Å². The van der Waals surface area contributed by atoms with Crippen molar-refractivity contribution >= 4 is 40.9 Å². The smallest absolute Gasteiger partial charge is 0.273 e. The van der Waals surface area contributed by atoms with Crippen LogP contribution in [-0.2, 0) is 4.79 Å². The number of amides is 2. The highest BCUT2D eigenvalue weighted by Crippen LogP contribution is 2.20. The molecular weight excluding hydrogens is 358 g/mol. The van der Waals surface area contributed by atoms with Gasteiger partial charge in [0, 0.05) is 10.7 Å². The van der Waals surface area contributed by atoms with E-state index < -0.39 is 17.9 Å². The Hall–Kier alpha value is -2.94. The minimum Gasteiger partial charge on any atom is -0.368 e. The number of benzene rings is 1. The molecule has 2 rings (SSSR count). The molecule has 0 aliphatic heterocycles. The first-order valence-electron chi connectivity index (χ1n) is 7.89. The average Bonchev–Trinajstić information content (AvgIpc) is 2.56. The summed E-state index contributed by atoms with van der Waals surface area (Å²) in [5, 5.41) is 13.9. The van der Waals surface area contributed by atoms with Crippen LogP contribution in [0, 0.1) is 5.92 Å². The van der Waals surface area contributed by atoms with Crippen LogP contribution in [0.15, 0.2) is 24.3 Å². The molecule has 0 fully saturated rings. The Morgan fingerprint density at radius 1 is 1.15 bits per heavy atom. The standard InChI is InChI=1S/C16H20ClN7O2/c1-8(2)7-11(13(18)25)21-16-22-15(12(14(19)26)23-24-16)20-10-5-3-9(17)4-6-10/h3-6,8,11H,7H2,1-2H3,(H2,18,25)(H2,19,26)(H2,20,21,22,24)/t11-/m1/s1. The molecule has 0 unspecified atom stereocenters. The summed E-state index contributed by atoms with van der Waals surface area (Å²) < 4.78 is 0. The fraction of sp³-hybridized carbons (Fsp3) is 0.312. The van der Waals surface area contributed by atoms with E-state index in [9.17, 15) is 9.59 Å². The Bertz CT molecular complexity index is 796.